The van der Waals surface area contributed by atoms with Crippen LogP contribution < -0.4 is 0 Å². The van der Waals surface area contributed by atoms with Gasteiger partial charge in [0.05, 0.1) is 0 Å². The van der Waals surface area contributed by atoms with E-state index in [0.29, 0.717) is 17.6 Å². The molecule has 0 N–H and O–H groups in total. The summed E-state index contributed by atoms with van der Waals surface area (Å²) in [6, 6.07) is 0. The number of halogens is 1. The highest BCUT2D eigenvalue weighted by atomic mass is 32.3. The number of hydrogen-bond acceptors (Lipinski definition) is 0. The van der Waals surface area contributed by atoms with Gasteiger partial charge in [-0.05, 0) is 17.2 Å². The lowest BCUT2D eigenvalue weighted by Gasteiger charge is -2.32. The van der Waals surface area contributed by atoms with Gasteiger partial charge in [0.15, 0.2) is 0 Å². The van der Waals surface area contributed by atoms with Crippen LogP contribution in [0.2, 0.25) is 0 Å². The maximum absolute atomic E-state index is 14.1. The van der Waals surface area contributed by atoms with Gasteiger partial charge in [-0.2, -0.15) is 3.89 Å². The lowest BCUT2D eigenvalue weighted by atomic mass is 9.91. The predicted molar refractivity (Wildman–Crippen MR) is 67.5 cm³/mol. The molecule has 0 aliphatic heterocycles. The SMILES string of the molecule is C=CS(F)(CC)CC(CC)C(C)CC. The molecule has 3 unspecified atom stereocenters. The molecular formula is C12H25FS. The minimum atomic E-state index is -2.02. The third-order valence-corrected chi connectivity index (χ3v) is 5.78. The normalized spacial score (nSPS) is 22.1. The Hall–Kier alpha value is 0.0200. The molecule has 0 radical (unpaired) electrons. The first-order valence-electron chi connectivity index (χ1n) is 5.63. The molecule has 3 atom stereocenters. The van der Waals surface area contributed by atoms with Crippen molar-refractivity contribution in [3.8, 4) is 0 Å². The predicted octanol–water partition coefficient (Wildman–Crippen LogP) is 4.91. The van der Waals surface area contributed by atoms with E-state index in [1.807, 2.05) is 6.92 Å². The minimum Gasteiger partial charge on any atom is -0.185 e. The van der Waals surface area contributed by atoms with Gasteiger partial charge in [0.25, 0.3) is 0 Å². The summed E-state index contributed by atoms with van der Waals surface area (Å²) in [4.78, 5) is 0. The van der Waals surface area contributed by atoms with E-state index in [1.165, 1.54) is 0 Å². The quantitative estimate of drug-likeness (QED) is 0.572. The summed E-state index contributed by atoms with van der Waals surface area (Å²) in [6.45, 7) is 12.1. The summed E-state index contributed by atoms with van der Waals surface area (Å²) in [5.41, 5.74) is 0. The highest BCUT2D eigenvalue weighted by Gasteiger charge is 2.24. The van der Waals surface area contributed by atoms with E-state index in [1.54, 1.807) is 5.41 Å². The standard InChI is InChI=1S/C12H25FS/c1-6-11(5)12(7-2)10-14(13,8-3)9-4/h8,11-12H,3,6-7,9-10H2,1-2,4-5H3. The third kappa shape index (κ3) is 4.04. The molecular weight excluding hydrogens is 195 g/mol. The van der Waals surface area contributed by atoms with Crippen molar-refractivity contribution in [1.29, 1.82) is 0 Å². The van der Waals surface area contributed by atoms with Crippen molar-refractivity contribution in [2.75, 3.05) is 11.5 Å². The first-order chi connectivity index (χ1) is 6.52. The molecule has 0 nitrogen and oxygen atoms in total. The minimum absolute atomic E-state index is 0.526. The summed E-state index contributed by atoms with van der Waals surface area (Å²) in [5, 5.41) is 1.57. The molecule has 0 saturated carbocycles. The first-order valence-corrected chi connectivity index (χ1v) is 7.57. The average Bonchev–Trinajstić information content (AvgIpc) is 2.24. The summed E-state index contributed by atoms with van der Waals surface area (Å²) < 4.78 is 14.1. The Bertz CT molecular complexity index is 170. The lowest BCUT2D eigenvalue weighted by molar-refractivity contribution is 0.370. The molecule has 0 saturated heterocycles. The third-order valence-electron chi connectivity index (χ3n) is 3.24. The zero-order valence-electron chi connectivity index (χ0n) is 10.1. The monoisotopic (exact) mass is 220 g/mol. The van der Waals surface area contributed by atoms with Crippen molar-refractivity contribution >= 4 is 10.4 Å². The fourth-order valence-electron chi connectivity index (χ4n) is 1.68. The van der Waals surface area contributed by atoms with Crippen LogP contribution in [0, 0.1) is 11.8 Å². The van der Waals surface area contributed by atoms with E-state index < -0.39 is 10.4 Å². The lowest BCUT2D eigenvalue weighted by Crippen LogP contribution is -2.17. The van der Waals surface area contributed by atoms with Crippen LogP contribution >= 0.6 is 10.4 Å². The van der Waals surface area contributed by atoms with Crippen LogP contribution in [0.4, 0.5) is 3.89 Å². The Morgan fingerprint density at radius 1 is 1.29 bits per heavy atom. The average molecular weight is 220 g/mol. The van der Waals surface area contributed by atoms with Gasteiger partial charge < -0.3 is 0 Å². The Kier molecular flexibility index (Phi) is 6.50. The Labute approximate surface area is 90.6 Å². The van der Waals surface area contributed by atoms with Crippen molar-refractivity contribution in [3.05, 3.63) is 12.0 Å². The topological polar surface area (TPSA) is 0 Å². The van der Waals surface area contributed by atoms with Gasteiger partial charge in [-0.3, -0.25) is 0 Å². The van der Waals surface area contributed by atoms with Gasteiger partial charge in [-0.15, -0.1) is 0 Å². The van der Waals surface area contributed by atoms with Crippen LogP contribution in [0.3, 0.4) is 0 Å². The molecule has 0 aromatic rings. The molecule has 0 aliphatic rings. The van der Waals surface area contributed by atoms with Crippen LogP contribution in [0.5, 0.6) is 0 Å². The van der Waals surface area contributed by atoms with Gasteiger partial charge in [0.2, 0.25) is 0 Å². The number of hydrogen-bond donors (Lipinski definition) is 0. The van der Waals surface area contributed by atoms with Crippen molar-refractivity contribution < 1.29 is 3.89 Å². The number of rotatable bonds is 7. The van der Waals surface area contributed by atoms with E-state index in [-0.39, 0.29) is 0 Å². The molecule has 0 heterocycles. The fourth-order valence-corrected chi connectivity index (χ4v) is 3.56. The van der Waals surface area contributed by atoms with Crippen LogP contribution in [0.1, 0.15) is 40.5 Å². The molecule has 14 heavy (non-hydrogen) atoms. The van der Waals surface area contributed by atoms with E-state index >= 15 is 0 Å². The highest BCUT2D eigenvalue weighted by Crippen LogP contribution is 2.53. The molecule has 2 heteroatoms. The molecule has 0 rings (SSSR count). The summed E-state index contributed by atoms with van der Waals surface area (Å²) in [5.74, 6) is 2.51. The van der Waals surface area contributed by atoms with Crippen molar-refractivity contribution in [2.24, 2.45) is 11.8 Å². The van der Waals surface area contributed by atoms with Gasteiger partial charge in [0, 0.05) is 11.5 Å². The molecule has 0 aromatic carbocycles. The van der Waals surface area contributed by atoms with Crippen LogP contribution in [0.25, 0.3) is 0 Å². The van der Waals surface area contributed by atoms with Gasteiger partial charge in [-0.1, -0.05) is 57.5 Å². The van der Waals surface area contributed by atoms with Crippen molar-refractivity contribution in [3.63, 3.8) is 0 Å². The van der Waals surface area contributed by atoms with Crippen molar-refractivity contribution in [1.82, 2.24) is 0 Å². The first kappa shape index (κ1) is 14.0. The van der Waals surface area contributed by atoms with Crippen LogP contribution in [-0.2, 0) is 0 Å². The van der Waals surface area contributed by atoms with Crippen molar-refractivity contribution in [2.45, 2.75) is 40.5 Å². The molecule has 86 valence electrons. The van der Waals surface area contributed by atoms with E-state index in [0.717, 1.165) is 18.6 Å². The second-order valence-electron chi connectivity index (χ2n) is 4.02. The second kappa shape index (κ2) is 6.49. The molecule has 0 amide bonds. The van der Waals surface area contributed by atoms with Crippen LogP contribution in [0.15, 0.2) is 12.0 Å². The Balaban J connectivity index is 4.35. The maximum atomic E-state index is 14.1. The van der Waals surface area contributed by atoms with Gasteiger partial charge in [0.1, 0.15) is 0 Å². The zero-order valence-corrected chi connectivity index (χ0v) is 10.9. The summed E-state index contributed by atoms with van der Waals surface area (Å²) in [7, 11) is -2.02. The maximum Gasteiger partial charge on any atom is 0.0103 e. The van der Waals surface area contributed by atoms with E-state index in [9.17, 15) is 3.89 Å². The molecule has 0 spiro atoms. The molecule has 0 fully saturated rings. The van der Waals surface area contributed by atoms with Gasteiger partial charge >= 0.3 is 0 Å². The largest absolute Gasteiger partial charge is 0.185 e. The summed E-state index contributed by atoms with van der Waals surface area (Å²) >= 11 is 0. The summed E-state index contributed by atoms with van der Waals surface area (Å²) in [6.07, 6.45) is 2.23. The molecule has 0 bridgehead atoms. The molecule has 0 aromatic heterocycles. The van der Waals surface area contributed by atoms with Gasteiger partial charge in [-0.25, -0.2) is 0 Å². The Morgan fingerprint density at radius 2 is 1.86 bits per heavy atom. The smallest absolute Gasteiger partial charge is 0.0103 e. The van der Waals surface area contributed by atoms with E-state index in [4.69, 9.17) is 0 Å². The van der Waals surface area contributed by atoms with E-state index in [2.05, 4.69) is 27.4 Å². The second-order valence-corrected chi connectivity index (χ2v) is 6.95. The zero-order chi connectivity index (χ0) is 11.2. The fraction of sp³-hybridized carbons (Fsp3) is 0.833. The Morgan fingerprint density at radius 3 is 2.14 bits per heavy atom. The molecule has 0 aliphatic carbocycles. The highest BCUT2D eigenvalue weighted by molar-refractivity contribution is 8.31. The van der Waals surface area contributed by atoms with Crippen LogP contribution in [-0.4, -0.2) is 11.5 Å².